The monoisotopic (exact) mass is 238 g/mol. The summed E-state index contributed by atoms with van der Waals surface area (Å²) in [5, 5.41) is 12.7. The molecule has 3 heteroatoms. The van der Waals surface area contributed by atoms with Gasteiger partial charge in [0.25, 0.3) is 0 Å². The lowest BCUT2D eigenvalue weighted by atomic mass is 9.98. The van der Waals surface area contributed by atoms with Gasteiger partial charge in [-0.1, -0.05) is 42.5 Å². The molecule has 2 aromatic carbocycles. The van der Waals surface area contributed by atoms with Crippen LogP contribution in [0, 0.1) is 6.92 Å². The fourth-order valence-electron chi connectivity index (χ4n) is 2.28. The third kappa shape index (κ3) is 1.69. The maximum absolute atomic E-state index is 10.5. The van der Waals surface area contributed by atoms with Crippen molar-refractivity contribution >= 4 is 10.8 Å². The number of benzene rings is 2. The molecular formula is C15H14N2O. The minimum atomic E-state index is -0.692. The third-order valence-corrected chi connectivity index (χ3v) is 3.25. The molecule has 18 heavy (non-hydrogen) atoms. The lowest BCUT2D eigenvalue weighted by Crippen LogP contribution is -2.02. The normalized spacial score (nSPS) is 12.8. The van der Waals surface area contributed by atoms with E-state index in [1.165, 1.54) is 0 Å². The Bertz CT molecular complexity index is 682. The summed E-state index contributed by atoms with van der Waals surface area (Å²) >= 11 is 0. The molecule has 0 saturated carbocycles. The van der Waals surface area contributed by atoms with Crippen LogP contribution in [0.25, 0.3) is 10.8 Å². The fourth-order valence-corrected chi connectivity index (χ4v) is 2.28. The zero-order valence-corrected chi connectivity index (χ0v) is 10.1. The maximum atomic E-state index is 10.5. The molecule has 0 radical (unpaired) electrons. The molecular weight excluding hydrogens is 224 g/mol. The summed E-state index contributed by atoms with van der Waals surface area (Å²) in [4.78, 5) is 7.19. The van der Waals surface area contributed by atoms with Crippen LogP contribution >= 0.6 is 0 Å². The number of aromatic nitrogens is 2. The van der Waals surface area contributed by atoms with Crippen molar-refractivity contribution in [2.75, 3.05) is 0 Å². The van der Waals surface area contributed by atoms with Crippen LogP contribution in [0.1, 0.15) is 23.1 Å². The van der Waals surface area contributed by atoms with Gasteiger partial charge in [-0.25, -0.2) is 4.98 Å². The highest BCUT2D eigenvalue weighted by Gasteiger charge is 2.17. The van der Waals surface area contributed by atoms with Crippen molar-refractivity contribution < 1.29 is 5.11 Å². The maximum Gasteiger partial charge on any atom is 0.123 e. The predicted octanol–water partition coefficient (Wildman–Crippen LogP) is 2.95. The first-order valence-corrected chi connectivity index (χ1v) is 5.93. The first-order valence-electron chi connectivity index (χ1n) is 5.93. The second-order valence-corrected chi connectivity index (χ2v) is 4.38. The molecule has 1 aromatic heterocycles. The highest BCUT2D eigenvalue weighted by Crippen LogP contribution is 2.28. The summed E-state index contributed by atoms with van der Waals surface area (Å²) in [6.07, 6.45) is 0.918. The van der Waals surface area contributed by atoms with Crippen molar-refractivity contribution in [3.8, 4) is 0 Å². The van der Waals surface area contributed by atoms with Crippen LogP contribution in [0.4, 0.5) is 0 Å². The highest BCUT2D eigenvalue weighted by atomic mass is 16.3. The molecule has 3 aromatic rings. The van der Waals surface area contributed by atoms with Gasteiger partial charge in [-0.05, 0) is 23.3 Å². The zero-order chi connectivity index (χ0) is 12.5. The van der Waals surface area contributed by atoms with Gasteiger partial charge in [-0.2, -0.15) is 0 Å². The molecule has 0 aliphatic carbocycles. The molecule has 1 unspecified atom stereocenters. The van der Waals surface area contributed by atoms with E-state index in [4.69, 9.17) is 0 Å². The van der Waals surface area contributed by atoms with Crippen LogP contribution < -0.4 is 0 Å². The molecule has 90 valence electrons. The number of rotatable bonds is 2. The van der Waals surface area contributed by atoms with E-state index >= 15 is 0 Å². The molecule has 0 fully saturated rings. The van der Waals surface area contributed by atoms with Gasteiger partial charge >= 0.3 is 0 Å². The minimum absolute atomic E-state index is 0.686. The number of H-pyrrole nitrogens is 1. The minimum Gasteiger partial charge on any atom is -0.382 e. The molecule has 2 N–H and O–H groups in total. The fraction of sp³-hybridized carbons (Fsp3) is 0.133. The van der Waals surface area contributed by atoms with Gasteiger partial charge in [0.05, 0.1) is 12.0 Å². The Morgan fingerprint density at radius 3 is 2.67 bits per heavy atom. The van der Waals surface area contributed by atoms with Gasteiger partial charge in [-0.3, -0.25) is 0 Å². The first-order chi connectivity index (χ1) is 8.77. The van der Waals surface area contributed by atoms with Gasteiger partial charge in [0, 0.05) is 5.69 Å². The van der Waals surface area contributed by atoms with Gasteiger partial charge in [0.2, 0.25) is 0 Å². The number of hydrogen-bond donors (Lipinski definition) is 2. The second kappa shape index (κ2) is 4.27. The zero-order valence-electron chi connectivity index (χ0n) is 10.1. The van der Waals surface area contributed by atoms with E-state index in [0.717, 1.165) is 22.0 Å². The topological polar surface area (TPSA) is 48.9 Å². The van der Waals surface area contributed by atoms with Crippen LogP contribution in [0.2, 0.25) is 0 Å². The standard InChI is InChI=1S/C15H14N2O/c1-10-14(17-9-16-10)15(18)13-8-4-6-11-5-2-3-7-12(11)13/h2-9,15,18H,1H3,(H,16,17). The summed E-state index contributed by atoms with van der Waals surface area (Å²) in [5.41, 5.74) is 2.48. The molecule has 1 heterocycles. The molecule has 0 saturated heterocycles. The van der Waals surface area contributed by atoms with Crippen molar-refractivity contribution in [1.82, 2.24) is 9.97 Å². The van der Waals surface area contributed by atoms with Crippen molar-refractivity contribution in [1.29, 1.82) is 0 Å². The molecule has 3 rings (SSSR count). The van der Waals surface area contributed by atoms with Gasteiger partial charge in [0.1, 0.15) is 6.10 Å². The second-order valence-electron chi connectivity index (χ2n) is 4.38. The molecule has 0 amide bonds. The summed E-state index contributed by atoms with van der Waals surface area (Å²) in [6.45, 7) is 1.91. The van der Waals surface area contributed by atoms with E-state index in [1.807, 2.05) is 49.4 Å². The number of fused-ring (bicyclic) bond motifs is 1. The van der Waals surface area contributed by atoms with Crippen molar-refractivity contribution in [2.45, 2.75) is 13.0 Å². The van der Waals surface area contributed by atoms with E-state index < -0.39 is 6.10 Å². The number of nitrogens with one attached hydrogen (secondary N) is 1. The van der Waals surface area contributed by atoms with Crippen LogP contribution in [0.5, 0.6) is 0 Å². The molecule has 3 nitrogen and oxygen atoms in total. The lowest BCUT2D eigenvalue weighted by Gasteiger charge is -2.12. The Balaban J connectivity index is 2.18. The number of hydrogen-bond acceptors (Lipinski definition) is 2. The smallest absolute Gasteiger partial charge is 0.123 e. The summed E-state index contributed by atoms with van der Waals surface area (Å²) in [5.74, 6) is 0. The van der Waals surface area contributed by atoms with Crippen molar-refractivity contribution in [2.24, 2.45) is 0 Å². The largest absolute Gasteiger partial charge is 0.382 e. The number of imidazole rings is 1. The predicted molar refractivity (Wildman–Crippen MR) is 71.3 cm³/mol. The van der Waals surface area contributed by atoms with Crippen LogP contribution in [-0.4, -0.2) is 15.1 Å². The van der Waals surface area contributed by atoms with E-state index in [1.54, 1.807) is 6.33 Å². The molecule has 1 atom stereocenters. The third-order valence-electron chi connectivity index (χ3n) is 3.25. The van der Waals surface area contributed by atoms with Crippen molar-refractivity contribution in [3.05, 3.63) is 65.7 Å². The number of aromatic amines is 1. The summed E-state index contributed by atoms with van der Waals surface area (Å²) < 4.78 is 0. The van der Waals surface area contributed by atoms with Crippen molar-refractivity contribution in [3.63, 3.8) is 0 Å². The van der Waals surface area contributed by atoms with E-state index in [2.05, 4.69) is 9.97 Å². The average molecular weight is 238 g/mol. The number of nitrogens with zero attached hydrogens (tertiary/aromatic N) is 1. The van der Waals surface area contributed by atoms with Gasteiger partial charge in [0.15, 0.2) is 0 Å². The Morgan fingerprint density at radius 2 is 1.89 bits per heavy atom. The van der Waals surface area contributed by atoms with Crippen LogP contribution in [-0.2, 0) is 0 Å². The highest BCUT2D eigenvalue weighted by molar-refractivity contribution is 5.86. The van der Waals surface area contributed by atoms with Gasteiger partial charge < -0.3 is 10.1 Å². The number of aryl methyl sites for hydroxylation is 1. The quantitative estimate of drug-likeness (QED) is 0.721. The Morgan fingerprint density at radius 1 is 1.11 bits per heavy atom. The van der Waals surface area contributed by atoms with Crippen LogP contribution in [0.15, 0.2) is 48.8 Å². The Hall–Kier alpha value is -2.13. The molecule has 0 aliphatic rings. The van der Waals surface area contributed by atoms with Crippen LogP contribution in [0.3, 0.4) is 0 Å². The van der Waals surface area contributed by atoms with E-state index in [0.29, 0.717) is 5.69 Å². The van der Waals surface area contributed by atoms with Gasteiger partial charge in [-0.15, -0.1) is 0 Å². The number of aliphatic hydroxyl groups is 1. The molecule has 0 bridgehead atoms. The molecule has 0 spiro atoms. The summed E-state index contributed by atoms with van der Waals surface area (Å²) in [7, 11) is 0. The SMILES string of the molecule is Cc1[nH]cnc1C(O)c1cccc2ccccc12. The lowest BCUT2D eigenvalue weighted by molar-refractivity contribution is 0.216. The summed E-state index contributed by atoms with van der Waals surface area (Å²) in [6, 6.07) is 14.0. The molecule has 0 aliphatic heterocycles. The van der Waals surface area contributed by atoms with E-state index in [9.17, 15) is 5.11 Å². The Labute approximate surface area is 105 Å². The first kappa shape index (κ1) is 11.0. The number of aliphatic hydroxyl groups excluding tert-OH is 1. The Kier molecular flexibility index (Phi) is 2.61. The van der Waals surface area contributed by atoms with E-state index in [-0.39, 0.29) is 0 Å². The average Bonchev–Trinajstić information content (AvgIpc) is 2.83.